The molecule has 96 valence electrons. The van der Waals surface area contributed by atoms with Crippen molar-refractivity contribution in [1.82, 2.24) is 9.78 Å². The Morgan fingerprint density at radius 1 is 1.59 bits per heavy atom. The van der Waals surface area contributed by atoms with Crippen LogP contribution in [-0.2, 0) is 6.54 Å². The number of halogens is 1. The number of aliphatic hydroxyl groups excluding tert-OH is 1. The van der Waals surface area contributed by atoms with Crippen LogP contribution in [0.1, 0.15) is 20.8 Å². The molecule has 1 rings (SSSR count). The van der Waals surface area contributed by atoms with Crippen LogP contribution in [0.5, 0.6) is 0 Å². The van der Waals surface area contributed by atoms with E-state index in [4.69, 9.17) is 11.6 Å². The summed E-state index contributed by atoms with van der Waals surface area (Å²) in [6.07, 6.45) is 1.51. The minimum Gasteiger partial charge on any atom is -0.394 e. The summed E-state index contributed by atoms with van der Waals surface area (Å²) in [4.78, 5) is 11.7. The lowest BCUT2D eigenvalue weighted by Crippen LogP contribution is -2.31. The van der Waals surface area contributed by atoms with E-state index in [0.29, 0.717) is 12.2 Å². The second kappa shape index (κ2) is 6.02. The van der Waals surface area contributed by atoms with Gasteiger partial charge in [0.05, 0.1) is 24.5 Å². The van der Waals surface area contributed by atoms with Crippen LogP contribution >= 0.6 is 11.6 Å². The number of aromatic nitrogens is 2. The Labute approximate surface area is 105 Å². The number of anilines is 1. The highest BCUT2D eigenvalue weighted by Crippen LogP contribution is 2.18. The quantitative estimate of drug-likeness (QED) is 0.838. The van der Waals surface area contributed by atoms with E-state index in [1.807, 2.05) is 20.8 Å². The standard InChI is InChI=1S/C11H18ClN3O2/c1-4-15-11(17)10(12)8(5-13-15)14-9(6-16)7(2)3/h5,7,9,14,16H,4,6H2,1-3H3. The van der Waals surface area contributed by atoms with E-state index >= 15 is 0 Å². The first kappa shape index (κ1) is 14.0. The highest BCUT2D eigenvalue weighted by Gasteiger charge is 2.15. The summed E-state index contributed by atoms with van der Waals surface area (Å²) in [6.45, 7) is 6.23. The first-order valence-electron chi connectivity index (χ1n) is 5.64. The SMILES string of the molecule is CCn1ncc(NC(CO)C(C)C)c(Cl)c1=O. The molecule has 0 bridgehead atoms. The van der Waals surface area contributed by atoms with E-state index < -0.39 is 0 Å². The molecule has 6 heteroatoms. The predicted molar refractivity (Wildman–Crippen MR) is 68.5 cm³/mol. The largest absolute Gasteiger partial charge is 0.394 e. The van der Waals surface area contributed by atoms with Crippen LogP contribution < -0.4 is 10.9 Å². The molecule has 0 aliphatic carbocycles. The Kier molecular flexibility index (Phi) is 4.96. The average molecular weight is 260 g/mol. The first-order chi connectivity index (χ1) is 8.01. The lowest BCUT2D eigenvalue weighted by Gasteiger charge is -2.21. The molecule has 0 aliphatic heterocycles. The van der Waals surface area contributed by atoms with Gasteiger partial charge in [0.25, 0.3) is 5.56 Å². The van der Waals surface area contributed by atoms with Gasteiger partial charge in [-0.2, -0.15) is 5.10 Å². The summed E-state index contributed by atoms with van der Waals surface area (Å²) in [7, 11) is 0. The molecule has 1 unspecified atom stereocenters. The van der Waals surface area contributed by atoms with Crippen molar-refractivity contribution in [1.29, 1.82) is 0 Å². The maximum atomic E-state index is 11.7. The smallest absolute Gasteiger partial charge is 0.287 e. The van der Waals surface area contributed by atoms with Crippen molar-refractivity contribution < 1.29 is 5.11 Å². The monoisotopic (exact) mass is 259 g/mol. The van der Waals surface area contributed by atoms with Crippen LogP contribution in [0.3, 0.4) is 0 Å². The topological polar surface area (TPSA) is 67.2 Å². The number of hydrogen-bond acceptors (Lipinski definition) is 4. The molecule has 0 fully saturated rings. The third kappa shape index (κ3) is 3.20. The van der Waals surface area contributed by atoms with Gasteiger partial charge in [-0.3, -0.25) is 4.79 Å². The summed E-state index contributed by atoms with van der Waals surface area (Å²) < 4.78 is 1.29. The van der Waals surface area contributed by atoms with E-state index in [1.54, 1.807) is 0 Å². The fourth-order valence-electron chi connectivity index (χ4n) is 1.41. The molecule has 0 aliphatic rings. The van der Waals surface area contributed by atoms with Crippen LogP contribution in [-0.4, -0.2) is 27.5 Å². The van der Waals surface area contributed by atoms with Crippen molar-refractivity contribution in [3.63, 3.8) is 0 Å². The molecule has 0 amide bonds. The number of nitrogens with one attached hydrogen (secondary N) is 1. The van der Waals surface area contributed by atoms with Gasteiger partial charge in [-0.15, -0.1) is 0 Å². The second-order valence-electron chi connectivity index (χ2n) is 4.17. The molecular formula is C11H18ClN3O2. The normalized spacial score (nSPS) is 12.8. The van der Waals surface area contributed by atoms with Gasteiger partial charge in [0, 0.05) is 6.54 Å². The molecule has 0 aromatic carbocycles. The summed E-state index contributed by atoms with van der Waals surface area (Å²) in [5.74, 6) is 0.227. The van der Waals surface area contributed by atoms with E-state index in [0.717, 1.165) is 0 Å². The number of rotatable bonds is 5. The highest BCUT2D eigenvalue weighted by atomic mass is 35.5. The van der Waals surface area contributed by atoms with Crippen molar-refractivity contribution in [3.05, 3.63) is 21.6 Å². The Morgan fingerprint density at radius 3 is 2.71 bits per heavy atom. The highest BCUT2D eigenvalue weighted by molar-refractivity contribution is 6.32. The van der Waals surface area contributed by atoms with E-state index in [1.165, 1.54) is 10.9 Å². The number of aliphatic hydroxyl groups is 1. The Morgan fingerprint density at radius 2 is 2.24 bits per heavy atom. The van der Waals surface area contributed by atoms with Gasteiger partial charge in [-0.25, -0.2) is 4.68 Å². The van der Waals surface area contributed by atoms with E-state index in [-0.39, 0.29) is 29.1 Å². The lowest BCUT2D eigenvalue weighted by molar-refractivity contribution is 0.249. The molecule has 17 heavy (non-hydrogen) atoms. The number of nitrogens with zero attached hydrogens (tertiary/aromatic N) is 2. The fourth-order valence-corrected chi connectivity index (χ4v) is 1.61. The lowest BCUT2D eigenvalue weighted by atomic mass is 10.1. The average Bonchev–Trinajstić information content (AvgIpc) is 2.30. The maximum Gasteiger partial charge on any atom is 0.287 e. The minimum absolute atomic E-state index is 0.0230. The minimum atomic E-state index is -0.320. The zero-order chi connectivity index (χ0) is 13.0. The van der Waals surface area contributed by atoms with Crippen LogP contribution in [0.2, 0.25) is 5.02 Å². The molecule has 2 N–H and O–H groups in total. The molecular weight excluding hydrogens is 242 g/mol. The molecule has 0 saturated heterocycles. The second-order valence-corrected chi connectivity index (χ2v) is 4.55. The maximum absolute atomic E-state index is 11.7. The fraction of sp³-hybridized carbons (Fsp3) is 0.636. The predicted octanol–water partition coefficient (Wildman–Crippen LogP) is 1.35. The summed E-state index contributed by atoms with van der Waals surface area (Å²) >= 11 is 5.97. The zero-order valence-corrected chi connectivity index (χ0v) is 11.0. The van der Waals surface area contributed by atoms with Gasteiger partial charge in [0.2, 0.25) is 0 Å². The third-order valence-corrected chi connectivity index (χ3v) is 2.99. The van der Waals surface area contributed by atoms with Crippen LogP contribution in [0, 0.1) is 5.92 Å². The Balaban J connectivity index is 3.00. The molecule has 1 aromatic heterocycles. The zero-order valence-electron chi connectivity index (χ0n) is 10.3. The van der Waals surface area contributed by atoms with Gasteiger partial charge in [-0.05, 0) is 12.8 Å². The van der Waals surface area contributed by atoms with Crippen LogP contribution in [0.15, 0.2) is 11.0 Å². The molecule has 1 heterocycles. The molecule has 1 atom stereocenters. The first-order valence-corrected chi connectivity index (χ1v) is 6.02. The van der Waals surface area contributed by atoms with Gasteiger partial charge >= 0.3 is 0 Å². The van der Waals surface area contributed by atoms with Gasteiger partial charge in [0.15, 0.2) is 0 Å². The Bertz CT molecular complexity index is 431. The van der Waals surface area contributed by atoms with Crippen LogP contribution in [0.4, 0.5) is 5.69 Å². The molecule has 0 radical (unpaired) electrons. The summed E-state index contributed by atoms with van der Waals surface area (Å²) in [5, 5.41) is 16.3. The summed E-state index contributed by atoms with van der Waals surface area (Å²) in [6, 6.07) is -0.147. The molecule has 1 aromatic rings. The number of aryl methyl sites for hydroxylation is 1. The molecule has 0 spiro atoms. The summed E-state index contributed by atoms with van der Waals surface area (Å²) in [5.41, 5.74) is 0.147. The van der Waals surface area contributed by atoms with Crippen molar-refractivity contribution in [3.8, 4) is 0 Å². The van der Waals surface area contributed by atoms with Gasteiger partial charge < -0.3 is 10.4 Å². The van der Waals surface area contributed by atoms with Gasteiger partial charge in [0.1, 0.15) is 5.02 Å². The van der Waals surface area contributed by atoms with Crippen molar-refractivity contribution in [2.75, 3.05) is 11.9 Å². The van der Waals surface area contributed by atoms with Crippen molar-refractivity contribution >= 4 is 17.3 Å². The van der Waals surface area contributed by atoms with Crippen molar-refractivity contribution in [2.24, 2.45) is 5.92 Å². The number of hydrogen-bond donors (Lipinski definition) is 2. The Hall–Kier alpha value is -1.07. The third-order valence-electron chi connectivity index (χ3n) is 2.63. The van der Waals surface area contributed by atoms with Crippen molar-refractivity contribution in [2.45, 2.75) is 33.4 Å². The molecule has 0 saturated carbocycles. The van der Waals surface area contributed by atoms with Crippen LogP contribution in [0.25, 0.3) is 0 Å². The van der Waals surface area contributed by atoms with Gasteiger partial charge in [-0.1, -0.05) is 25.4 Å². The van der Waals surface area contributed by atoms with E-state index in [9.17, 15) is 9.90 Å². The molecule has 5 nitrogen and oxygen atoms in total. The van der Waals surface area contributed by atoms with E-state index in [2.05, 4.69) is 10.4 Å².